The van der Waals surface area contributed by atoms with Gasteiger partial charge in [0.05, 0.1) is 6.54 Å². The van der Waals surface area contributed by atoms with E-state index in [9.17, 15) is 4.79 Å². The summed E-state index contributed by atoms with van der Waals surface area (Å²) in [5.74, 6) is 0.867. The molecule has 2 heterocycles. The van der Waals surface area contributed by atoms with E-state index in [1.165, 1.54) is 22.3 Å². The summed E-state index contributed by atoms with van der Waals surface area (Å²) in [6.45, 7) is 15.6. The van der Waals surface area contributed by atoms with E-state index >= 15 is 0 Å². The zero-order valence-electron chi connectivity index (χ0n) is 19.0. The number of rotatable bonds is 6. The van der Waals surface area contributed by atoms with Crippen LogP contribution in [0.25, 0.3) is 0 Å². The Labute approximate surface area is 180 Å². The highest BCUT2D eigenvalue weighted by Gasteiger charge is 2.20. The van der Waals surface area contributed by atoms with Gasteiger partial charge in [-0.05, 0) is 54.0 Å². The molecule has 30 heavy (non-hydrogen) atoms. The molecule has 1 aromatic heterocycles. The van der Waals surface area contributed by atoms with Gasteiger partial charge in [-0.3, -0.25) is 9.69 Å². The lowest BCUT2D eigenvalue weighted by Gasteiger charge is -2.34. The van der Waals surface area contributed by atoms with Gasteiger partial charge >= 0.3 is 0 Å². The summed E-state index contributed by atoms with van der Waals surface area (Å²) in [5.41, 5.74) is 5.49. The number of aromatic nitrogens is 2. The summed E-state index contributed by atoms with van der Waals surface area (Å²) in [7, 11) is 0. The van der Waals surface area contributed by atoms with Crippen LogP contribution in [-0.2, 0) is 16.6 Å². The second kappa shape index (κ2) is 9.56. The van der Waals surface area contributed by atoms with Crippen LogP contribution < -0.4 is 10.2 Å². The van der Waals surface area contributed by atoms with E-state index in [0.29, 0.717) is 13.1 Å². The van der Waals surface area contributed by atoms with Gasteiger partial charge in [-0.1, -0.05) is 32.9 Å². The molecule has 6 heteroatoms. The number of nitrogens with zero attached hydrogens (tertiary/aromatic N) is 4. The van der Waals surface area contributed by atoms with E-state index in [-0.39, 0.29) is 11.3 Å². The van der Waals surface area contributed by atoms with Crippen molar-refractivity contribution in [2.75, 3.05) is 44.2 Å². The molecule has 0 unspecified atom stereocenters. The Morgan fingerprint density at radius 3 is 2.20 bits per heavy atom. The number of anilines is 1. The molecule has 1 saturated heterocycles. The average molecular weight is 410 g/mol. The Balaban J connectivity index is 1.44. The van der Waals surface area contributed by atoms with Gasteiger partial charge in [0, 0.05) is 45.1 Å². The summed E-state index contributed by atoms with van der Waals surface area (Å²) in [4.78, 5) is 25.4. The Morgan fingerprint density at radius 1 is 1.03 bits per heavy atom. The molecule has 1 fully saturated rings. The highest BCUT2D eigenvalue weighted by atomic mass is 16.2. The van der Waals surface area contributed by atoms with Gasteiger partial charge in [0.25, 0.3) is 0 Å². The van der Waals surface area contributed by atoms with Crippen LogP contribution in [0.1, 0.15) is 43.0 Å². The van der Waals surface area contributed by atoms with Crippen molar-refractivity contribution in [1.82, 2.24) is 20.2 Å². The zero-order valence-corrected chi connectivity index (χ0v) is 19.0. The average Bonchev–Trinajstić information content (AvgIpc) is 2.70. The number of hydrogen-bond donors (Lipinski definition) is 1. The number of nitrogens with one attached hydrogen (secondary N) is 1. The number of hydrogen-bond acceptors (Lipinski definition) is 5. The third kappa shape index (κ3) is 5.79. The lowest BCUT2D eigenvalue weighted by Crippen LogP contribution is -2.50. The van der Waals surface area contributed by atoms with Crippen LogP contribution in [-0.4, -0.2) is 60.0 Å². The largest absolute Gasteiger partial charge is 0.355 e. The topological polar surface area (TPSA) is 61.4 Å². The Bertz CT molecular complexity index is 829. The fourth-order valence-electron chi connectivity index (χ4n) is 3.97. The number of piperazine rings is 1. The van der Waals surface area contributed by atoms with Gasteiger partial charge in [-0.15, -0.1) is 0 Å². The molecule has 1 aliphatic heterocycles. The van der Waals surface area contributed by atoms with Crippen molar-refractivity contribution in [2.45, 2.75) is 46.5 Å². The summed E-state index contributed by atoms with van der Waals surface area (Å²) < 4.78 is 0. The van der Waals surface area contributed by atoms with Crippen LogP contribution in [0.15, 0.2) is 30.6 Å². The summed E-state index contributed by atoms with van der Waals surface area (Å²) in [5, 5.41) is 3.10. The van der Waals surface area contributed by atoms with Gasteiger partial charge < -0.3 is 10.2 Å². The second-order valence-corrected chi connectivity index (χ2v) is 9.25. The van der Waals surface area contributed by atoms with Crippen LogP contribution in [0, 0.1) is 13.8 Å². The van der Waals surface area contributed by atoms with Gasteiger partial charge in [-0.2, -0.15) is 0 Å². The van der Waals surface area contributed by atoms with Crippen LogP contribution in [0.3, 0.4) is 0 Å². The molecular weight excluding hydrogens is 374 g/mol. The highest BCUT2D eigenvalue weighted by molar-refractivity contribution is 5.78. The third-order valence-corrected chi connectivity index (χ3v) is 5.83. The first-order valence-corrected chi connectivity index (χ1v) is 10.9. The molecule has 3 rings (SSSR count). The van der Waals surface area contributed by atoms with E-state index < -0.39 is 0 Å². The predicted octanol–water partition coefficient (Wildman–Crippen LogP) is 2.87. The summed E-state index contributed by atoms with van der Waals surface area (Å²) >= 11 is 0. The Kier molecular flexibility index (Phi) is 7.08. The van der Waals surface area contributed by atoms with Crippen molar-refractivity contribution in [3.05, 3.63) is 52.8 Å². The van der Waals surface area contributed by atoms with Crippen molar-refractivity contribution in [1.29, 1.82) is 0 Å². The molecule has 6 nitrogen and oxygen atoms in total. The smallest absolute Gasteiger partial charge is 0.234 e. The maximum absolute atomic E-state index is 12.4. The Morgan fingerprint density at radius 2 is 1.63 bits per heavy atom. The number of amides is 1. The van der Waals surface area contributed by atoms with Crippen LogP contribution in [0.5, 0.6) is 0 Å². The number of benzene rings is 1. The second-order valence-electron chi connectivity index (χ2n) is 9.25. The SMILES string of the molecule is Cc1cc(C(C)(C)C)cc(C)c1CCNC(=O)CN1CCN(c2ncccn2)CC1. The van der Waals surface area contributed by atoms with Crippen LogP contribution >= 0.6 is 0 Å². The fourth-order valence-corrected chi connectivity index (χ4v) is 3.97. The summed E-state index contributed by atoms with van der Waals surface area (Å²) in [6.07, 6.45) is 4.40. The summed E-state index contributed by atoms with van der Waals surface area (Å²) in [6, 6.07) is 6.41. The van der Waals surface area contributed by atoms with Crippen molar-refractivity contribution in [3.8, 4) is 0 Å². The number of aryl methyl sites for hydroxylation is 2. The molecule has 2 aromatic rings. The molecule has 0 spiro atoms. The standard InChI is InChI=1S/C24H35N5O/c1-18-15-20(24(3,4)5)16-19(2)21(18)7-10-25-22(30)17-28-11-13-29(14-12-28)23-26-8-6-9-27-23/h6,8-9,15-16H,7,10-14,17H2,1-5H3,(H,25,30). The van der Waals surface area contributed by atoms with Crippen molar-refractivity contribution in [3.63, 3.8) is 0 Å². The molecule has 1 aromatic carbocycles. The van der Waals surface area contributed by atoms with Gasteiger partial charge in [0.15, 0.2) is 0 Å². The van der Waals surface area contributed by atoms with Gasteiger partial charge in [0.2, 0.25) is 11.9 Å². The van der Waals surface area contributed by atoms with Crippen molar-refractivity contribution in [2.24, 2.45) is 0 Å². The first kappa shape index (κ1) is 22.2. The van der Waals surface area contributed by atoms with E-state index in [4.69, 9.17) is 0 Å². The molecule has 0 bridgehead atoms. The minimum Gasteiger partial charge on any atom is -0.355 e. The molecule has 1 amide bonds. The lowest BCUT2D eigenvalue weighted by atomic mass is 9.83. The molecule has 1 aliphatic rings. The van der Waals surface area contributed by atoms with Gasteiger partial charge in [0.1, 0.15) is 0 Å². The molecular formula is C24H35N5O. The van der Waals surface area contributed by atoms with E-state index in [1.807, 2.05) is 6.07 Å². The predicted molar refractivity (Wildman–Crippen MR) is 122 cm³/mol. The normalized spacial score (nSPS) is 15.3. The molecule has 0 aliphatic carbocycles. The third-order valence-electron chi connectivity index (χ3n) is 5.83. The molecule has 0 saturated carbocycles. The Hall–Kier alpha value is -2.47. The quantitative estimate of drug-likeness (QED) is 0.795. The van der Waals surface area contributed by atoms with E-state index in [0.717, 1.165) is 38.5 Å². The van der Waals surface area contributed by atoms with E-state index in [1.54, 1.807) is 12.4 Å². The zero-order chi connectivity index (χ0) is 21.7. The maximum Gasteiger partial charge on any atom is 0.234 e. The number of carbonyl (C=O) groups excluding carboxylic acids is 1. The minimum atomic E-state index is 0.0982. The molecule has 162 valence electrons. The lowest BCUT2D eigenvalue weighted by molar-refractivity contribution is -0.122. The molecule has 0 atom stereocenters. The minimum absolute atomic E-state index is 0.0982. The molecule has 0 radical (unpaired) electrons. The first-order valence-electron chi connectivity index (χ1n) is 10.9. The monoisotopic (exact) mass is 409 g/mol. The first-order chi connectivity index (χ1) is 14.2. The number of carbonyl (C=O) groups is 1. The molecule has 1 N–H and O–H groups in total. The van der Waals surface area contributed by atoms with Crippen molar-refractivity contribution >= 4 is 11.9 Å². The van der Waals surface area contributed by atoms with Crippen molar-refractivity contribution < 1.29 is 4.79 Å². The fraction of sp³-hybridized carbons (Fsp3) is 0.542. The maximum atomic E-state index is 12.4. The highest BCUT2D eigenvalue weighted by Crippen LogP contribution is 2.27. The van der Waals surface area contributed by atoms with E-state index in [2.05, 4.69) is 71.8 Å². The van der Waals surface area contributed by atoms with Crippen LogP contribution in [0.2, 0.25) is 0 Å². The van der Waals surface area contributed by atoms with Gasteiger partial charge in [-0.25, -0.2) is 9.97 Å². The van der Waals surface area contributed by atoms with Crippen LogP contribution in [0.4, 0.5) is 5.95 Å².